The van der Waals surface area contributed by atoms with Crippen molar-refractivity contribution >= 4 is 27.5 Å². The molecule has 1 atom stereocenters. The summed E-state index contributed by atoms with van der Waals surface area (Å²) in [7, 11) is 0. The second kappa shape index (κ2) is 5.54. The number of benzene rings is 2. The summed E-state index contributed by atoms with van der Waals surface area (Å²) >= 11 is 3.38. The van der Waals surface area contributed by atoms with Crippen LogP contribution in [-0.4, -0.2) is 11.0 Å². The molecule has 2 aromatic carbocycles. The topological polar surface area (TPSA) is 75.3 Å². The number of nitrogens with one attached hydrogen (secondary N) is 1. The number of aromatic hydroxyl groups is 1. The SMILES string of the molecule is CC(Nc1cccc(Br)c1)(C(N)=O)c1cccc(O)c1. The van der Waals surface area contributed by atoms with Gasteiger partial charge in [0.15, 0.2) is 0 Å². The fourth-order valence-corrected chi connectivity index (χ4v) is 2.35. The predicted molar refractivity (Wildman–Crippen MR) is 82.4 cm³/mol. The summed E-state index contributed by atoms with van der Waals surface area (Å²) < 4.78 is 0.894. The monoisotopic (exact) mass is 334 g/mol. The summed E-state index contributed by atoms with van der Waals surface area (Å²) in [5.74, 6) is -0.436. The van der Waals surface area contributed by atoms with Crippen molar-refractivity contribution in [1.29, 1.82) is 0 Å². The zero-order chi connectivity index (χ0) is 14.8. The van der Waals surface area contributed by atoms with E-state index < -0.39 is 11.4 Å². The van der Waals surface area contributed by atoms with Gasteiger partial charge < -0.3 is 16.2 Å². The molecule has 1 amide bonds. The Morgan fingerprint density at radius 2 is 1.95 bits per heavy atom. The average molecular weight is 335 g/mol. The van der Waals surface area contributed by atoms with Gasteiger partial charge in [-0.05, 0) is 42.8 Å². The molecule has 4 N–H and O–H groups in total. The maximum atomic E-state index is 11.9. The van der Waals surface area contributed by atoms with Crippen LogP contribution in [-0.2, 0) is 10.3 Å². The Kier molecular flexibility index (Phi) is 3.99. The number of hydrogen-bond acceptors (Lipinski definition) is 3. The Balaban J connectivity index is 2.42. The van der Waals surface area contributed by atoms with Crippen molar-refractivity contribution in [1.82, 2.24) is 0 Å². The Bertz CT molecular complexity index is 645. The summed E-state index contributed by atoms with van der Waals surface area (Å²) in [5.41, 5.74) is 5.79. The first-order valence-corrected chi connectivity index (χ1v) is 6.84. The van der Waals surface area contributed by atoms with E-state index in [2.05, 4.69) is 21.2 Å². The number of halogens is 1. The van der Waals surface area contributed by atoms with Crippen LogP contribution in [0.5, 0.6) is 5.75 Å². The smallest absolute Gasteiger partial charge is 0.247 e. The Hall–Kier alpha value is -2.01. The van der Waals surface area contributed by atoms with E-state index in [0.717, 1.165) is 10.2 Å². The van der Waals surface area contributed by atoms with Gasteiger partial charge in [-0.3, -0.25) is 4.79 Å². The van der Waals surface area contributed by atoms with Gasteiger partial charge in [0.1, 0.15) is 11.3 Å². The molecule has 0 aliphatic rings. The van der Waals surface area contributed by atoms with Crippen LogP contribution < -0.4 is 11.1 Å². The standard InChI is InChI=1S/C15H15BrN2O2/c1-15(14(17)20,10-4-2-7-13(19)8-10)18-12-6-3-5-11(16)9-12/h2-9,18-19H,1H3,(H2,17,20). The number of phenolic OH excluding ortho intramolecular Hbond substituents is 1. The first-order valence-electron chi connectivity index (χ1n) is 6.05. The summed E-state index contributed by atoms with van der Waals surface area (Å²) in [6.07, 6.45) is 0. The van der Waals surface area contributed by atoms with Crippen molar-refractivity contribution in [2.45, 2.75) is 12.5 Å². The van der Waals surface area contributed by atoms with Crippen LogP contribution in [0, 0.1) is 0 Å². The van der Waals surface area contributed by atoms with E-state index in [0.29, 0.717) is 5.56 Å². The van der Waals surface area contributed by atoms with Gasteiger partial charge in [-0.15, -0.1) is 0 Å². The molecular formula is C15H15BrN2O2. The van der Waals surface area contributed by atoms with Crippen LogP contribution in [0.4, 0.5) is 5.69 Å². The lowest BCUT2D eigenvalue weighted by Gasteiger charge is -2.29. The van der Waals surface area contributed by atoms with Gasteiger partial charge in [0.2, 0.25) is 5.91 Å². The number of carbonyl (C=O) groups is 1. The number of hydrogen-bond donors (Lipinski definition) is 3. The molecule has 0 heterocycles. The highest BCUT2D eigenvalue weighted by Crippen LogP contribution is 2.29. The molecule has 0 aliphatic heterocycles. The second-order valence-corrected chi connectivity index (χ2v) is 5.59. The molecule has 0 saturated heterocycles. The van der Waals surface area contributed by atoms with Crippen molar-refractivity contribution < 1.29 is 9.90 Å². The fourth-order valence-electron chi connectivity index (χ4n) is 1.95. The third kappa shape index (κ3) is 2.93. The number of phenols is 1. The number of anilines is 1. The van der Waals surface area contributed by atoms with Crippen molar-refractivity contribution in [3.63, 3.8) is 0 Å². The molecule has 0 fully saturated rings. The summed E-state index contributed by atoms with van der Waals surface area (Å²) in [6.45, 7) is 1.69. The number of primary amides is 1. The molecule has 0 aromatic heterocycles. The maximum Gasteiger partial charge on any atom is 0.247 e. The summed E-state index contributed by atoms with van der Waals surface area (Å²) in [5, 5.41) is 12.7. The molecule has 5 heteroatoms. The largest absolute Gasteiger partial charge is 0.508 e. The zero-order valence-corrected chi connectivity index (χ0v) is 12.5. The van der Waals surface area contributed by atoms with Crippen molar-refractivity contribution in [2.75, 3.05) is 5.32 Å². The van der Waals surface area contributed by atoms with Crippen molar-refractivity contribution in [3.8, 4) is 5.75 Å². The summed E-state index contributed by atoms with van der Waals surface area (Å²) in [4.78, 5) is 11.9. The van der Waals surface area contributed by atoms with Gasteiger partial charge in [0.05, 0.1) is 0 Å². The molecule has 0 radical (unpaired) electrons. The van der Waals surface area contributed by atoms with Crippen LogP contribution in [0.3, 0.4) is 0 Å². The van der Waals surface area contributed by atoms with E-state index >= 15 is 0 Å². The van der Waals surface area contributed by atoms with Crippen molar-refractivity contribution in [2.24, 2.45) is 5.73 Å². The predicted octanol–water partition coefficient (Wildman–Crippen LogP) is 2.97. The molecule has 0 spiro atoms. The molecular weight excluding hydrogens is 320 g/mol. The highest BCUT2D eigenvalue weighted by atomic mass is 79.9. The fraction of sp³-hybridized carbons (Fsp3) is 0.133. The van der Waals surface area contributed by atoms with E-state index in [9.17, 15) is 9.90 Å². The number of carbonyl (C=O) groups excluding carboxylic acids is 1. The maximum absolute atomic E-state index is 11.9. The van der Waals surface area contributed by atoms with E-state index in [1.807, 2.05) is 24.3 Å². The van der Waals surface area contributed by atoms with E-state index in [-0.39, 0.29) is 5.75 Å². The molecule has 104 valence electrons. The molecule has 4 nitrogen and oxygen atoms in total. The molecule has 20 heavy (non-hydrogen) atoms. The van der Waals surface area contributed by atoms with Gasteiger partial charge in [-0.25, -0.2) is 0 Å². The minimum Gasteiger partial charge on any atom is -0.508 e. The molecule has 0 aliphatic carbocycles. The van der Waals surface area contributed by atoms with Crippen LogP contribution in [0.1, 0.15) is 12.5 Å². The third-order valence-corrected chi connectivity index (χ3v) is 3.63. The zero-order valence-electron chi connectivity index (χ0n) is 10.9. The average Bonchev–Trinajstić information content (AvgIpc) is 2.38. The molecule has 2 aromatic rings. The van der Waals surface area contributed by atoms with Gasteiger partial charge >= 0.3 is 0 Å². The van der Waals surface area contributed by atoms with Gasteiger partial charge in [-0.1, -0.05) is 34.1 Å². The number of amides is 1. The van der Waals surface area contributed by atoms with Crippen LogP contribution in [0.15, 0.2) is 53.0 Å². The quantitative estimate of drug-likeness (QED) is 0.804. The Morgan fingerprint density at radius 1 is 1.25 bits per heavy atom. The second-order valence-electron chi connectivity index (χ2n) is 4.67. The van der Waals surface area contributed by atoms with Crippen LogP contribution in [0.25, 0.3) is 0 Å². The van der Waals surface area contributed by atoms with E-state index in [4.69, 9.17) is 5.73 Å². The third-order valence-electron chi connectivity index (χ3n) is 3.14. The minimum absolute atomic E-state index is 0.0889. The Labute approximate surface area is 125 Å². The molecule has 2 rings (SSSR count). The first kappa shape index (κ1) is 14.4. The summed E-state index contributed by atoms with van der Waals surface area (Å²) in [6, 6.07) is 13.9. The van der Waals surface area contributed by atoms with Crippen LogP contribution >= 0.6 is 15.9 Å². The number of rotatable bonds is 4. The van der Waals surface area contributed by atoms with Gasteiger partial charge in [0, 0.05) is 10.2 Å². The van der Waals surface area contributed by atoms with Crippen molar-refractivity contribution in [3.05, 3.63) is 58.6 Å². The van der Waals surface area contributed by atoms with E-state index in [1.54, 1.807) is 25.1 Å². The lowest BCUT2D eigenvalue weighted by atomic mass is 9.90. The lowest BCUT2D eigenvalue weighted by molar-refractivity contribution is -0.122. The molecule has 1 unspecified atom stereocenters. The molecule has 0 saturated carbocycles. The number of nitrogens with two attached hydrogens (primary N) is 1. The lowest BCUT2D eigenvalue weighted by Crippen LogP contribution is -2.45. The van der Waals surface area contributed by atoms with Crippen LogP contribution in [0.2, 0.25) is 0 Å². The van der Waals surface area contributed by atoms with Gasteiger partial charge in [0.25, 0.3) is 0 Å². The van der Waals surface area contributed by atoms with E-state index in [1.165, 1.54) is 6.07 Å². The minimum atomic E-state index is -1.11. The highest BCUT2D eigenvalue weighted by molar-refractivity contribution is 9.10. The Morgan fingerprint density at radius 3 is 2.55 bits per heavy atom. The normalized spacial score (nSPS) is 13.5. The highest BCUT2D eigenvalue weighted by Gasteiger charge is 2.33. The first-order chi connectivity index (χ1) is 9.41. The van der Waals surface area contributed by atoms with Gasteiger partial charge in [-0.2, -0.15) is 0 Å². The molecule has 0 bridgehead atoms.